The molecule has 0 aromatic heterocycles. The largest absolute Gasteiger partial charge is 0.418 e. The van der Waals surface area contributed by atoms with Crippen molar-refractivity contribution in [1.82, 2.24) is 0 Å². The molecule has 2 aromatic carbocycles. The SMILES string of the molecule is CS(=O)(=O)Nc1ccccc1C(=O)Nc1ccc(Cl)cc1C(F)(F)F. The Morgan fingerprint density at radius 2 is 1.72 bits per heavy atom. The molecule has 0 unspecified atom stereocenters. The summed E-state index contributed by atoms with van der Waals surface area (Å²) >= 11 is 5.58. The molecule has 134 valence electrons. The summed E-state index contributed by atoms with van der Waals surface area (Å²) in [6, 6.07) is 8.46. The quantitative estimate of drug-likeness (QED) is 0.826. The molecule has 0 atom stereocenters. The van der Waals surface area contributed by atoms with Crippen molar-refractivity contribution >= 4 is 38.9 Å². The van der Waals surface area contributed by atoms with E-state index in [1.54, 1.807) is 0 Å². The second kappa shape index (κ2) is 6.93. The highest BCUT2D eigenvalue weighted by Crippen LogP contribution is 2.36. The Hall–Kier alpha value is -2.26. The first kappa shape index (κ1) is 19.1. The number of rotatable bonds is 4. The highest BCUT2D eigenvalue weighted by atomic mass is 35.5. The van der Waals surface area contributed by atoms with Gasteiger partial charge in [0.25, 0.3) is 5.91 Å². The number of benzene rings is 2. The summed E-state index contributed by atoms with van der Waals surface area (Å²) in [6.45, 7) is 0. The normalized spacial score (nSPS) is 11.9. The van der Waals surface area contributed by atoms with Gasteiger partial charge in [0.15, 0.2) is 0 Å². The average molecular weight is 393 g/mol. The lowest BCUT2D eigenvalue weighted by atomic mass is 10.1. The fourth-order valence-corrected chi connectivity index (χ4v) is 2.77. The van der Waals surface area contributed by atoms with E-state index in [0.29, 0.717) is 6.07 Å². The van der Waals surface area contributed by atoms with Gasteiger partial charge in [-0.1, -0.05) is 23.7 Å². The van der Waals surface area contributed by atoms with Crippen LogP contribution in [0.3, 0.4) is 0 Å². The van der Waals surface area contributed by atoms with E-state index in [1.165, 1.54) is 30.3 Å². The summed E-state index contributed by atoms with van der Waals surface area (Å²) in [5.74, 6) is -0.903. The Kier molecular flexibility index (Phi) is 5.28. The zero-order valence-electron chi connectivity index (χ0n) is 12.7. The van der Waals surface area contributed by atoms with Gasteiger partial charge in [0.05, 0.1) is 28.8 Å². The minimum Gasteiger partial charge on any atom is -0.321 e. The van der Waals surface area contributed by atoms with Crippen LogP contribution in [0.2, 0.25) is 5.02 Å². The van der Waals surface area contributed by atoms with Crippen molar-refractivity contribution in [1.29, 1.82) is 0 Å². The molecule has 0 heterocycles. The molecule has 0 saturated heterocycles. The summed E-state index contributed by atoms with van der Waals surface area (Å²) in [7, 11) is -3.67. The molecule has 0 spiro atoms. The third-order valence-electron chi connectivity index (χ3n) is 3.00. The molecule has 0 aliphatic rings. The van der Waals surface area contributed by atoms with Crippen molar-refractivity contribution in [2.75, 3.05) is 16.3 Å². The first-order chi connectivity index (χ1) is 11.5. The van der Waals surface area contributed by atoms with Gasteiger partial charge < -0.3 is 5.32 Å². The van der Waals surface area contributed by atoms with E-state index in [-0.39, 0.29) is 16.3 Å². The number of alkyl halides is 3. The molecule has 25 heavy (non-hydrogen) atoms. The molecule has 2 N–H and O–H groups in total. The van der Waals surface area contributed by atoms with Gasteiger partial charge in [0.1, 0.15) is 0 Å². The van der Waals surface area contributed by atoms with Crippen molar-refractivity contribution in [2.24, 2.45) is 0 Å². The minimum atomic E-state index is -4.72. The number of hydrogen-bond donors (Lipinski definition) is 2. The number of hydrogen-bond acceptors (Lipinski definition) is 3. The zero-order chi connectivity index (χ0) is 18.8. The van der Waals surface area contributed by atoms with Gasteiger partial charge in [-0.05, 0) is 30.3 Å². The van der Waals surface area contributed by atoms with Gasteiger partial charge in [-0.25, -0.2) is 8.42 Å². The van der Waals surface area contributed by atoms with E-state index in [1.807, 2.05) is 0 Å². The zero-order valence-corrected chi connectivity index (χ0v) is 14.3. The fraction of sp³-hybridized carbons (Fsp3) is 0.133. The molecule has 5 nitrogen and oxygen atoms in total. The maximum Gasteiger partial charge on any atom is 0.418 e. The summed E-state index contributed by atoms with van der Waals surface area (Å²) in [4.78, 5) is 12.3. The van der Waals surface area contributed by atoms with Crippen molar-refractivity contribution in [3.63, 3.8) is 0 Å². The molecular formula is C15H12ClF3N2O3S. The molecule has 0 bridgehead atoms. The smallest absolute Gasteiger partial charge is 0.321 e. The second-order valence-corrected chi connectivity index (χ2v) is 7.25. The molecule has 1 amide bonds. The summed E-state index contributed by atoms with van der Waals surface area (Å²) in [5.41, 5.74) is -1.78. The van der Waals surface area contributed by atoms with E-state index < -0.39 is 33.4 Å². The number of amides is 1. The minimum absolute atomic E-state index is 0.0509. The number of carbonyl (C=O) groups excluding carboxylic acids is 1. The molecule has 0 radical (unpaired) electrons. The van der Waals surface area contributed by atoms with Gasteiger partial charge >= 0.3 is 6.18 Å². The molecule has 0 aliphatic heterocycles. The fourth-order valence-electron chi connectivity index (χ4n) is 2.02. The monoisotopic (exact) mass is 392 g/mol. The number of nitrogens with one attached hydrogen (secondary N) is 2. The van der Waals surface area contributed by atoms with Crippen LogP contribution in [0.25, 0.3) is 0 Å². The van der Waals surface area contributed by atoms with Gasteiger partial charge in [0.2, 0.25) is 10.0 Å². The first-order valence-corrected chi connectivity index (χ1v) is 8.99. The number of sulfonamides is 1. The van der Waals surface area contributed by atoms with E-state index in [4.69, 9.17) is 11.6 Å². The summed E-state index contributed by atoms with van der Waals surface area (Å²) in [6.07, 6.45) is -3.83. The summed E-state index contributed by atoms with van der Waals surface area (Å²) < 4.78 is 64.1. The van der Waals surface area contributed by atoms with Crippen LogP contribution in [-0.4, -0.2) is 20.6 Å². The third-order valence-corrected chi connectivity index (χ3v) is 3.83. The molecule has 0 aliphatic carbocycles. The average Bonchev–Trinajstić information content (AvgIpc) is 2.47. The van der Waals surface area contributed by atoms with E-state index in [0.717, 1.165) is 12.3 Å². The standard InChI is InChI=1S/C15H12ClF3N2O3S/c1-25(23,24)21-12-5-3-2-4-10(12)14(22)20-13-7-6-9(16)8-11(13)15(17,18)19/h2-8,21H,1H3,(H,20,22). The predicted octanol–water partition coefficient (Wildman–Crippen LogP) is 3.98. The Labute approximate surface area is 146 Å². The maximum atomic E-state index is 13.1. The lowest BCUT2D eigenvalue weighted by Crippen LogP contribution is -2.19. The van der Waals surface area contributed by atoms with Gasteiger partial charge in [-0.3, -0.25) is 9.52 Å². The number of carbonyl (C=O) groups is 1. The highest BCUT2D eigenvalue weighted by molar-refractivity contribution is 7.92. The lowest BCUT2D eigenvalue weighted by molar-refractivity contribution is -0.136. The highest BCUT2D eigenvalue weighted by Gasteiger charge is 2.34. The van der Waals surface area contributed by atoms with Crippen LogP contribution in [0.1, 0.15) is 15.9 Å². The van der Waals surface area contributed by atoms with Crippen molar-refractivity contribution < 1.29 is 26.4 Å². The molecule has 10 heteroatoms. The summed E-state index contributed by atoms with van der Waals surface area (Å²) in [5, 5.41) is 2.00. The Balaban J connectivity index is 2.39. The molecule has 2 rings (SSSR count). The topological polar surface area (TPSA) is 75.3 Å². The van der Waals surface area contributed by atoms with Crippen LogP contribution in [0.4, 0.5) is 24.5 Å². The van der Waals surface area contributed by atoms with Gasteiger partial charge in [-0.2, -0.15) is 13.2 Å². The van der Waals surface area contributed by atoms with Gasteiger partial charge in [-0.15, -0.1) is 0 Å². The Bertz CT molecular complexity index is 914. The van der Waals surface area contributed by atoms with Crippen molar-refractivity contribution in [2.45, 2.75) is 6.18 Å². The lowest BCUT2D eigenvalue weighted by Gasteiger charge is -2.15. The van der Waals surface area contributed by atoms with Crippen molar-refractivity contribution in [3.05, 3.63) is 58.6 Å². The van der Waals surface area contributed by atoms with Crippen LogP contribution in [0.5, 0.6) is 0 Å². The van der Waals surface area contributed by atoms with Crippen LogP contribution < -0.4 is 10.0 Å². The Morgan fingerprint density at radius 3 is 2.32 bits per heavy atom. The molecular weight excluding hydrogens is 381 g/mol. The number of anilines is 2. The first-order valence-electron chi connectivity index (χ1n) is 6.72. The third kappa shape index (κ3) is 5.10. The molecule has 2 aromatic rings. The van der Waals surface area contributed by atoms with Gasteiger partial charge in [0, 0.05) is 5.02 Å². The van der Waals surface area contributed by atoms with Crippen LogP contribution in [0, 0.1) is 0 Å². The number of halogens is 4. The van der Waals surface area contributed by atoms with Crippen LogP contribution in [0.15, 0.2) is 42.5 Å². The Morgan fingerprint density at radius 1 is 1.08 bits per heavy atom. The van der Waals surface area contributed by atoms with E-state index in [2.05, 4.69) is 10.0 Å². The predicted molar refractivity (Wildman–Crippen MR) is 89.3 cm³/mol. The molecule has 0 saturated carbocycles. The van der Waals surface area contributed by atoms with Crippen LogP contribution >= 0.6 is 11.6 Å². The second-order valence-electron chi connectivity index (χ2n) is 5.06. The van der Waals surface area contributed by atoms with E-state index >= 15 is 0 Å². The number of para-hydroxylation sites is 1. The van der Waals surface area contributed by atoms with Crippen LogP contribution in [-0.2, 0) is 16.2 Å². The van der Waals surface area contributed by atoms with Crippen molar-refractivity contribution in [3.8, 4) is 0 Å². The molecule has 0 fully saturated rings. The van der Waals surface area contributed by atoms with E-state index in [9.17, 15) is 26.4 Å². The maximum absolute atomic E-state index is 13.1.